The molecule has 1 saturated carbocycles. The van der Waals surface area contributed by atoms with E-state index in [4.69, 9.17) is 11.5 Å². The van der Waals surface area contributed by atoms with Gasteiger partial charge in [0.2, 0.25) is 5.91 Å². The topological polar surface area (TPSA) is 69.1 Å². The molecule has 0 heterocycles. The molecular weight excluding hydrogens is 128 g/mol. The summed E-state index contributed by atoms with van der Waals surface area (Å²) in [6.07, 6.45) is 4.39. The minimum atomic E-state index is -0.416. The van der Waals surface area contributed by atoms with Crippen LogP contribution in [0.5, 0.6) is 0 Å². The quantitative estimate of drug-likeness (QED) is 0.520. The van der Waals surface area contributed by atoms with Crippen molar-refractivity contribution in [2.45, 2.75) is 18.9 Å². The summed E-state index contributed by atoms with van der Waals surface area (Å²) < 4.78 is 0. The van der Waals surface area contributed by atoms with E-state index in [1.807, 2.05) is 19.1 Å². The Morgan fingerprint density at radius 2 is 2.40 bits per heavy atom. The monoisotopic (exact) mass is 140 g/mol. The number of amides is 1. The molecule has 0 aromatic heterocycles. The lowest BCUT2D eigenvalue weighted by Gasteiger charge is -2.00. The summed E-state index contributed by atoms with van der Waals surface area (Å²) in [6.45, 7) is 1.88. The van der Waals surface area contributed by atoms with Crippen molar-refractivity contribution < 1.29 is 4.79 Å². The zero-order chi connectivity index (χ0) is 7.78. The van der Waals surface area contributed by atoms with Crippen molar-refractivity contribution in [1.82, 2.24) is 0 Å². The number of hydrogen-bond donors (Lipinski definition) is 2. The first kappa shape index (κ1) is 7.28. The van der Waals surface area contributed by atoms with Crippen LogP contribution in [0, 0.1) is 5.92 Å². The Hall–Kier alpha value is -0.830. The summed E-state index contributed by atoms with van der Waals surface area (Å²) >= 11 is 0. The highest BCUT2D eigenvalue weighted by Crippen LogP contribution is 2.41. The van der Waals surface area contributed by atoms with E-state index in [0.29, 0.717) is 6.42 Å². The molecule has 1 aliphatic rings. The van der Waals surface area contributed by atoms with Crippen LogP contribution in [0.25, 0.3) is 0 Å². The molecule has 3 nitrogen and oxygen atoms in total. The van der Waals surface area contributed by atoms with Gasteiger partial charge in [-0.15, -0.1) is 0 Å². The third-order valence-corrected chi connectivity index (χ3v) is 1.87. The molecule has 1 amide bonds. The van der Waals surface area contributed by atoms with Crippen molar-refractivity contribution >= 4 is 5.91 Å². The van der Waals surface area contributed by atoms with Gasteiger partial charge in [0.1, 0.15) is 0 Å². The predicted octanol–water partition coefficient (Wildman–Crippen LogP) is -0.235. The van der Waals surface area contributed by atoms with E-state index >= 15 is 0 Å². The molecule has 1 aliphatic carbocycles. The Morgan fingerprint density at radius 1 is 1.80 bits per heavy atom. The van der Waals surface area contributed by atoms with Crippen LogP contribution in [0.15, 0.2) is 12.2 Å². The lowest BCUT2D eigenvalue weighted by atomic mass is 10.2. The van der Waals surface area contributed by atoms with E-state index < -0.39 is 5.54 Å². The zero-order valence-corrected chi connectivity index (χ0v) is 6.00. The second-order valence-electron chi connectivity index (χ2n) is 2.77. The van der Waals surface area contributed by atoms with E-state index in [1.54, 1.807) is 0 Å². The van der Waals surface area contributed by atoms with E-state index in [-0.39, 0.29) is 11.8 Å². The third-order valence-electron chi connectivity index (χ3n) is 1.87. The van der Waals surface area contributed by atoms with Gasteiger partial charge in [-0.1, -0.05) is 12.2 Å². The summed E-state index contributed by atoms with van der Waals surface area (Å²) in [6, 6.07) is 0. The van der Waals surface area contributed by atoms with Crippen LogP contribution in [0.1, 0.15) is 13.3 Å². The molecule has 10 heavy (non-hydrogen) atoms. The average molecular weight is 140 g/mol. The third kappa shape index (κ3) is 1.04. The SMILES string of the molecule is C/C=C/C1(N)CC1C(N)=O. The van der Waals surface area contributed by atoms with Crippen LogP contribution in [-0.4, -0.2) is 11.4 Å². The fourth-order valence-corrected chi connectivity index (χ4v) is 1.15. The Bertz CT molecular complexity index is 188. The van der Waals surface area contributed by atoms with Crippen LogP contribution in [-0.2, 0) is 4.79 Å². The molecule has 1 fully saturated rings. The van der Waals surface area contributed by atoms with E-state index in [2.05, 4.69) is 0 Å². The van der Waals surface area contributed by atoms with Gasteiger partial charge >= 0.3 is 0 Å². The molecule has 0 spiro atoms. The molecule has 3 heteroatoms. The minimum Gasteiger partial charge on any atom is -0.369 e. The van der Waals surface area contributed by atoms with Crippen LogP contribution in [0.2, 0.25) is 0 Å². The number of rotatable bonds is 2. The second kappa shape index (κ2) is 2.09. The Balaban J connectivity index is 2.56. The highest BCUT2D eigenvalue weighted by molar-refractivity contribution is 5.82. The first-order chi connectivity index (χ1) is 4.60. The molecule has 0 aliphatic heterocycles. The Kier molecular flexibility index (Phi) is 1.52. The minimum absolute atomic E-state index is 0.135. The van der Waals surface area contributed by atoms with Gasteiger partial charge in [-0.3, -0.25) is 4.79 Å². The molecule has 0 saturated heterocycles. The highest BCUT2D eigenvalue weighted by atomic mass is 16.1. The van der Waals surface area contributed by atoms with Gasteiger partial charge in [-0.05, 0) is 13.3 Å². The predicted molar refractivity (Wildman–Crippen MR) is 39.0 cm³/mol. The Labute approximate surface area is 60.1 Å². The van der Waals surface area contributed by atoms with Crippen molar-refractivity contribution in [2.75, 3.05) is 0 Å². The number of nitrogens with two attached hydrogens (primary N) is 2. The van der Waals surface area contributed by atoms with Gasteiger partial charge in [0.05, 0.1) is 5.92 Å². The maximum absolute atomic E-state index is 10.6. The van der Waals surface area contributed by atoms with Crippen LogP contribution in [0.3, 0.4) is 0 Å². The van der Waals surface area contributed by atoms with Crippen molar-refractivity contribution in [3.05, 3.63) is 12.2 Å². The first-order valence-electron chi connectivity index (χ1n) is 3.32. The van der Waals surface area contributed by atoms with Crippen LogP contribution in [0.4, 0.5) is 0 Å². The number of hydrogen-bond acceptors (Lipinski definition) is 2. The highest BCUT2D eigenvalue weighted by Gasteiger charge is 2.52. The molecular formula is C7H12N2O. The van der Waals surface area contributed by atoms with Gasteiger partial charge in [0.25, 0.3) is 0 Å². The zero-order valence-electron chi connectivity index (χ0n) is 6.00. The fraction of sp³-hybridized carbons (Fsp3) is 0.571. The Morgan fingerprint density at radius 3 is 2.70 bits per heavy atom. The largest absolute Gasteiger partial charge is 0.369 e. The number of carbonyl (C=O) groups is 1. The summed E-state index contributed by atoms with van der Waals surface area (Å²) in [5.41, 5.74) is 10.3. The lowest BCUT2D eigenvalue weighted by molar-refractivity contribution is -0.119. The molecule has 0 radical (unpaired) electrons. The summed E-state index contributed by atoms with van der Waals surface area (Å²) in [5.74, 6) is -0.427. The van der Waals surface area contributed by atoms with Crippen molar-refractivity contribution in [1.29, 1.82) is 0 Å². The van der Waals surface area contributed by atoms with Gasteiger partial charge in [0, 0.05) is 5.54 Å². The molecule has 2 unspecified atom stereocenters. The smallest absolute Gasteiger partial charge is 0.222 e. The summed E-state index contributed by atoms with van der Waals surface area (Å²) in [4.78, 5) is 10.6. The number of primary amides is 1. The number of allylic oxidation sites excluding steroid dienone is 1. The van der Waals surface area contributed by atoms with Crippen molar-refractivity contribution in [3.8, 4) is 0 Å². The van der Waals surface area contributed by atoms with Gasteiger partial charge < -0.3 is 11.5 Å². The normalized spacial score (nSPS) is 38.4. The summed E-state index contributed by atoms with van der Waals surface area (Å²) in [5, 5.41) is 0. The first-order valence-corrected chi connectivity index (χ1v) is 3.32. The number of carbonyl (C=O) groups excluding carboxylic acids is 1. The van der Waals surface area contributed by atoms with Crippen LogP contribution >= 0.6 is 0 Å². The molecule has 4 N–H and O–H groups in total. The van der Waals surface area contributed by atoms with Gasteiger partial charge in [0.15, 0.2) is 0 Å². The standard InChI is InChI=1S/C7H12N2O/c1-2-3-7(9)4-5(7)6(8)10/h2-3,5H,4,9H2,1H3,(H2,8,10)/b3-2+. The second-order valence-corrected chi connectivity index (χ2v) is 2.77. The maximum Gasteiger partial charge on any atom is 0.222 e. The molecule has 0 aromatic carbocycles. The van der Waals surface area contributed by atoms with E-state index in [9.17, 15) is 4.79 Å². The molecule has 2 atom stereocenters. The lowest BCUT2D eigenvalue weighted by Crippen LogP contribution is -2.28. The van der Waals surface area contributed by atoms with Crippen LogP contribution < -0.4 is 11.5 Å². The molecule has 0 bridgehead atoms. The molecule has 0 aromatic rings. The van der Waals surface area contributed by atoms with Crippen molar-refractivity contribution in [3.63, 3.8) is 0 Å². The van der Waals surface area contributed by atoms with E-state index in [1.165, 1.54) is 0 Å². The van der Waals surface area contributed by atoms with Gasteiger partial charge in [-0.2, -0.15) is 0 Å². The van der Waals surface area contributed by atoms with Crippen molar-refractivity contribution in [2.24, 2.45) is 17.4 Å². The summed E-state index contributed by atoms with van der Waals surface area (Å²) in [7, 11) is 0. The fourth-order valence-electron chi connectivity index (χ4n) is 1.15. The van der Waals surface area contributed by atoms with Gasteiger partial charge in [-0.25, -0.2) is 0 Å². The van der Waals surface area contributed by atoms with E-state index in [0.717, 1.165) is 0 Å². The molecule has 56 valence electrons. The maximum atomic E-state index is 10.6. The average Bonchev–Trinajstić information content (AvgIpc) is 2.43. The molecule has 1 rings (SSSR count).